The Morgan fingerprint density at radius 1 is 1.20 bits per heavy atom. The number of aliphatic hydroxyl groups excluding tert-OH is 3. The van der Waals surface area contributed by atoms with E-state index in [9.17, 15) is 10.2 Å². The highest BCUT2D eigenvalue weighted by molar-refractivity contribution is 6.42. The maximum atomic E-state index is 10.0. The van der Waals surface area contributed by atoms with Crippen LogP contribution in [-0.2, 0) is 4.74 Å². The summed E-state index contributed by atoms with van der Waals surface area (Å²) >= 11 is 11.9. The van der Waals surface area contributed by atoms with Gasteiger partial charge in [-0.1, -0.05) is 23.2 Å². The Balaban J connectivity index is 2.05. The normalized spacial score (nSPS) is 30.2. The van der Waals surface area contributed by atoms with Crippen molar-refractivity contribution in [2.75, 3.05) is 6.61 Å². The first kappa shape index (κ1) is 14.1. The standard InChI is InChI=1S/C12H12Cl2N2O4/c13-5-1-7-8(2-6(5)14)16(4-15-7)12-11(19)10(18)9(3-17)20-12/h1-2,4,9-12,17-19H,3H2/t9?,10-,11-,12-/m1/s1. The van der Waals surface area contributed by atoms with Crippen molar-refractivity contribution in [3.8, 4) is 0 Å². The summed E-state index contributed by atoms with van der Waals surface area (Å²) in [5.74, 6) is 0. The van der Waals surface area contributed by atoms with E-state index in [1.165, 1.54) is 6.33 Å². The van der Waals surface area contributed by atoms with Gasteiger partial charge in [-0.15, -0.1) is 0 Å². The van der Waals surface area contributed by atoms with Gasteiger partial charge < -0.3 is 24.6 Å². The molecule has 0 radical (unpaired) electrons. The summed E-state index contributed by atoms with van der Waals surface area (Å²) in [5.41, 5.74) is 1.21. The van der Waals surface area contributed by atoms with Crippen LogP contribution >= 0.6 is 23.2 Å². The molecule has 1 unspecified atom stereocenters. The topological polar surface area (TPSA) is 87.7 Å². The largest absolute Gasteiger partial charge is 0.394 e. The Kier molecular flexibility index (Phi) is 3.62. The zero-order chi connectivity index (χ0) is 14.4. The summed E-state index contributed by atoms with van der Waals surface area (Å²) in [6.45, 7) is -0.381. The molecule has 0 bridgehead atoms. The van der Waals surface area contributed by atoms with Crippen LogP contribution in [0.2, 0.25) is 10.0 Å². The molecular formula is C12H12Cl2N2O4. The smallest absolute Gasteiger partial charge is 0.164 e. The van der Waals surface area contributed by atoms with Gasteiger partial charge in [0.05, 0.1) is 34.0 Å². The molecule has 1 saturated heterocycles. The number of benzene rings is 1. The molecule has 2 heterocycles. The zero-order valence-electron chi connectivity index (χ0n) is 10.1. The number of nitrogens with zero attached hydrogens (tertiary/aromatic N) is 2. The van der Waals surface area contributed by atoms with E-state index in [-0.39, 0.29) is 6.61 Å². The Hall–Kier alpha value is -0.890. The molecule has 3 rings (SSSR count). The Morgan fingerprint density at radius 2 is 1.90 bits per heavy atom. The minimum absolute atomic E-state index is 0.354. The predicted octanol–water partition coefficient (Wildman–Crippen LogP) is 0.955. The third-order valence-corrected chi connectivity index (χ3v) is 4.13. The minimum atomic E-state index is -1.17. The van der Waals surface area contributed by atoms with Gasteiger partial charge in [-0.05, 0) is 12.1 Å². The fourth-order valence-corrected chi connectivity index (χ4v) is 2.65. The van der Waals surface area contributed by atoms with Gasteiger partial charge in [-0.2, -0.15) is 0 Å². The van der Waals surface area contributed by atoms with Crippen molar-refractivity contribution in [2.45, 2.75) is 24.5 Å². The fraction of sp³-hybridized carbons (Fsp3) is 0.417. The maximum Gasteiger partial charge on any atom is 0.164 e. The third kappa shape index (κ3) is 2.09. The summed E-state index contributed by atoms with van der Waals surface area (Å²) in [7, 11) is 0. The van der Waals surface area contributed by atoms with Crippen LogP contribution in [0.15, 0.2) is 18.5 Å². The van der Waals surface area contributed by atoms with Crippen LogP contribution in [0, 0.1) is 0 Å². The van der Waals surface area contributed by atoms with Crippen LogP contribution in [0.5, 0.6) is 0 Å². The van der Waals surface area contributed by atoms with E-state index in [2.05, 4.69) is 4.98 Å². The SMILES string of the molecule is OCC1O[C@@H](n2cnc3cc(Cl)c(Cl)cc32)[C@H](O)[C@@H]1O. The molecule has 0 saturated carbocycles. The highest BCUT2D eigenvalue weighted by atomic mass is 35.5. The van der Waals surface area contributed by atoms with Crippen molar-refractivity contribution in [1.29, 1.82) is 0 Å². The average Bonchev–Trinajstić information content (AvgIpc) is 2.94. The number of imidazole rings is 1. The summed E-state index contributed by atoms with van der Waals surface area (Å²) in [5, 5.41) is 29.6. The Bertz CT molecular complexity index is 648. The van der Waals surface area contributed by atoms with E-state index >= 15 is 0 Å². The predicted molar refractivity (Wildman–Crippen MR) is 72.8 cm³/mol. The first-order valence-electron chi connectivity index (χ1n) is 5.97. The lowest BCUT2D eigenvalue weighted by molar-refractivity contribution is -0.0508. The third-order valence-electron chi connectivity index (χ3n) is 3.41. The van der Waals surface area contributed by atoms with Crippen molar-refractivity contribution in [3.63, 3.8) is 0 Å². The summed E-state index contributed by atoms with van der Waals surface area (Å²) in [4.78, 5) is 4.16. The van der Waals surface area contributed by atoms with E-state index in [1.807, 2.05) is 0 Å². The molecule has 1 aliphatic heterocycles. The van der Waals surface area contributed by atoms with Gasteiger partial charge in [0.15, 0.2) is 6.23 Å². The molecule has 0 spiro atoms. The number of hydrogen-bond donors (Lipinski definition) is 3. The molecule has 1 aromatic heterocycles. The lowest BCUT2D eigenvalue weighted by Gasteiger charge is -2.17. The van der Waals surface area contributed by atoms with Crippen LogP contribution in [0.3, 0.4) is 0 Å². The number of rotatable bonds is 2. The molecule has 20 heavy (non-hydrogen) atoms. The second-order valence-corrected chi connectivity index (χ2v) is 5.45. The van der Waals surface area contributed by atoms with E-state index in [1.54, 1.807) is 16.7 Å². The average molecular weight is 319 g/mol. The summed E-state index contributed by atoms with van der Waals surface area (Å²) in [6, 6.07) is 3.22. The molecule has 3 N–H and O–H groups in total. The number of hydrogen-bond acceptors (Lipinski definition) is 5. The molecule has 2 aromatic rings. The van der Waals surface area contributed by atoms with Crippen molar-refractivity contribution in [3.05, 3.63) is 28.5 Å². The number of fused-ring (bicyclic) bond motifs is 1. The number of aromatic nitrogens is 2. The van der Waals surface area contributed by atoms with E-state index in [4.69, 9.17) is 33.0 Å². The van der Waals surface area contributed by atoms with Crippen molar-refractivity contribution < 1.29 is 20.1 Å². The summed E-state index contributed by atoms with van der Waals surface area (Å²) in [6.07, 6.45) is -2.54. The fourth-order valence-electron chi connectivity index (χ4n) is 2.34. The highest BCUT2D eigenvalue weighted by Crippen LogP contribution is 2.34. The van der Waals surface area contributed by atoms with Crippen LogP contribution in [0.25, 0.3) is 11.0 Å². The van der Waals surface area contributed by atoms with Gasteiger partial charge in [0, 0.05) is 0 Å². The molecule has 4 atom stereocenters. The number of aliphatic hydroxyl groups is 3. The maximum absolute atomic E-state index is 10.0. The minimum Gasteiger partial charge on any atom is -0.394 e. The molecule has 1 aliphatic rings. The van der Waals surface area contributed by atoms with Crippen molar-refractivity contribution in [2.24, 2.45) is 0 Å². The zero-order valence-corrected chi connectivity index (χ0v) is 11.7. The van der Waals surface area contributed by atoms with Crippen LogP contribution in [-0.4, -0.2) is 49.8 Å². The van der Waals surface area contributed by atoms with Gasteiger partial charge in [0.25, 0.3) is 0 Å². The first-order valence-corrected chi connectivity index (χ1v) is 6.72. The van der Waals surface area contributed by atoms with Gasteiger partial charge >= 0.3 is 0 Å². The number of halogens is 2. The van der Waals surface area contributed by atoms with E-state index in [0.29, 0.717) is 21.1 Å². The molecule has 0 aliphatic carbocycles. The summed E-state index contributed by atoms with van der Waals surface area (Å²) < 4.78 is 7.01. The Labute approximate surface area is 124 Å². The molecule has 8 heteroatoms. The highest BCUT2D eigenvalue weighted by Gasteiger charge is 2.43. The van der Waals surface area contributed by atoms with E-state index < -0.39 is 24.5 Å². The second-order valence-electron chi connectivity index (χ2n) is 4.64. The molecule has 1 fully saturated rings. The van der Waals surface area contributed by atoms with Gasteiger partial charge in [-0.3, -0.25) is 0 Å². The monoisotopic (exact) mass is 318 g/mol. The number of ether oxygens (including phenoxy) is 1. The molecular weight excluding hydrogens is 307 g/mol. The van der Waals surface area contributed by atoms with Gasteiger partial charge in [0.1, 0.15) is 18.3 Å². The lowest BCUT2D eigenvalue weighted by atomic mass is 10.1. The van der Waals surface area contributed by atoms with Gasteiger partial charge in [0.2, 0.25) is 0 Å². The van der Waals surface area contributed by atoms with Crippen LogP contribution < -0.4 is 0 Å². The van der Waals surface area contributed by atoms with Crippen molar-refractivity contribution >= 4 is 34.2 Å². The van der Waals surface area contributed by atoms with Crippen LogP contribution in [0.4, 0.5) is 0 Å². The molecule has 0 amide bonds. The lowest BCUT2D eigenvalue weighted by Crippen LogP contribution is -2.33. The van der Waals surface area contributed by atoms with Crippen molar-refractivity contribution in [1.82, 2.24) is 9.55 Å². The molecule has 108 valence electrons. The van der Waals surface area contributed by atoms with Crippen LogP contribution in [0.1, 0.15) is 6.23 Å². The Morgan fingerprint density at radius 3 is 2.55 bits per heavy atom. The quantitative estimate of drug-likeness (QED) is 0.767. The molecule has 6 nitrogen and oxygen atoms in total. The van der Waals surface area contributed by atoms with Gasteiger partial charge in [-0.25, -0.2) is 4.98 Å². The van der Waals surface area contributed by atoms with E-state index in [0.717, 1.165) is 0 Å². The second kappa shape index (κ2) is 5.14. The first-order chi connectivity index (χ1) is 9.52. The molecule has 1 aromatic carbocycles.